The molecule has 0 aliphatic carbocycles. The molecule has 1 N–H and O–H groups in total. The average molecular weight is 939 g/mol. The Labute approximate surface area is 404 Å². The first-order chi connectivity index (χ1) is 31.6. The molecular weight excluding hydrogens is 830 g/mol. The van der Waals surface area contributed by atoms with Crippen LogP contribution in [0, 0.1) is 0 Å². The van der Waals surface area contributed by atoms with E-state index in [4.69, 9.17) is 18.5 Å². The third-order valence-corrected chi connectivity index (χ3v) is 13.2. The first-order valence-electron chi connectivity index (χ1n) is 27.7. The van der Waals surface area contributed by atoms with Gasteiger partial charge in [-0.05, 0) is 51.4 Å². The summed E-state index contributed by atoms with van der Waals surface area (Å²) in [5.74, 6) is -0.310. The number of likely N-dealkylation sites (N-methyl/N-ethyl adjacent to an activating group) is 1. The minimum Gasteiger partial charge on any atom is -0.457 e. The Bertz CT molecular complexity index is 1140. The summed E-state index contributed by atoms with van der Waals surface area (Å²) in [4.78, 5) is 23.0. The van der Waals surface area contributed by atoms with Crippen LogP contribution in [0.3, 0.4) is 0 Å². The standard InChI is InChI=1S/C56H108NO7P/c1-6-8-10-12-14-16-18-20-22-24-25-26-27-28-29-30-31-32-34-36-38-40-42-44-46-48-51-61-53-55(54-63-65(59,60)62-52-50-57(3,4)5)64-56(58)49-47-45-43-41-39-37-35-33-23-21-19-17-15-13-11-9-7-2/h18,20,24-25,27-28,55H,6-17,19,21-23,26,29-54H2,1-5H3/p+1/b20-18-,25-24-,28-27-. The zero-order valence-electron chi connectivity index (χ0n) is 43.7. The van der Waals surface area contributed by atoms with Crippen LogP contribution in [0.4, 0.5) is 0 Å². The van der Waals surface area contributed by atoms with Gasteiger partial charge in [0.05, 0.1) is 34.4 Å². The Hall–Kier alpha value is -1.28. The number of carbonyl (C=O) groups excluding carboxylic acids is 1. The molecule has 0 amide bonds. The summed E-state index contributed by atoms with van der Waals surface area (Å²) in [7, 11) is 1.68. The minimum absolute atomic E-state index is 0.0896. The molecule has 0 bridgehead atoms. The van der Waals surface area contributed by atoms with Crippen LogP contribution in [-0.4, -0.2) is 75.6 Å². The third-order valence-electron chi connectivity index (χ3n) is 12.2. The lowest BCUT2D eigenvalue weighted by Gasteiger charge is -2.24. The highest BCUT2D eigenvalue weighted by Crippen LogP contribution is 2.43. The summed E-state index contributed by atoms with van der Waals surface area (Å²) < 4.78 is 35.2. The van der Waals surface area contributed by atoms with Gasteiger partial charge in [0.25, 0.3) is 0 Å². The number of rotatable bonds is 52. The number of ether oxygens (including phenoxy) is 2. The van der Waals surface area contributed by atoms with E-state index in [1.807, 2.05) is 21.1 Å². The highest BCUT2D eigenvalue weighted by molar-refractivity contribution is 7.47. The maximum Gasteiger partial charge on any atom is 0.472 e. The van der Waals surface area contributed by atoms with Gasteiger partial charge in [0, 0.05) is 13.0 Å². The van der Waals surface area contributed by atoms with Crippen LogP contribution >= 0.6 is 7.82 Å². The average Bonchev–Trinajstić information content (AvgIpc) is 3.27. The number of phosphoric acid groups is 1. The summed E-state index contributed by atoms with van der Waals surface area (Å²) in [5, 5.41) is 0. The van der Waals surface area contributed by atoms with Gasteiger partial charge >= 0.3 is 13.8 Å². The fourth-order valence-corrected chi connectivity index (χ4v) is 8.66. The minimum atomic E-state index is -4.28. The summed E-state index contributed by atoms with van der Waals surface area (Å²) in [6.07, 6.45) is 60.5. The molecule has 8 nitrogen and oxygen atoms in total. The predicted octanol–water partition coefficient (Wildman–Crippen LogP) is 17.3. The number of esters is 1. The van der Waals surface area contributed by atoms with Crippen LogP contribution in [0.25, 0.3) is 0 Å². The van der Waals surface area contributed by atoms with E-state index < -0.39 is 13.9 Å². The fourth-order valence-electron chi connectivity index (χ4n) is 7.92. The molecule has 0 aromatic carbocycles. The predicted molar refractivity (Wildman–Crippen MR) is 280 cm³/mol. The Balaban J connectivity index is 4.06. The number of unbranched alkanes of at least 4 members (excludes halogenated alkanes) is 32. The second-order valence-electron chi connectivity index (χ2n) is 20.0. The zero-order valence-corrected chi connectivity index (χ0v) is 44.6. The van der Waals surface area contributed by atoms with Gasteiger partial charge in [0.15, 0.2) is 0 Å². The van der Waals surface area contributed by atoms with Crippen molar-refractivity contribution in [2.75, 3.05) is 54.1 Å². The lowest BCUT2D eigenvalue weighted by Crippen LogP contribution is -2.37. The van der Waals surface area contributed by atoms with E-state index in [2.05, 4.69) is 50.3 Å². The molecule has 0 heterocycles. The van der Waals surface area contributed by atoms with Crippen molar-refractivity contribution in [2.24, 2.45) is 0 Å². The summed E-state index contributed by atoms with van der Waals surface area (Å²) in [5.41, 5.74) is 0. The second-order valence-corrected chi connectivity index (χ2v) is 21.4. The molecule has 0 fully saturated rings. The van der Waals surface area contributed by atoms with Gasteiger partial charge < -0.3 is 18.9 Å². The van der Waals surface area contributed by atoms with Crippen LogP contribution in [0.1, 0.15) is 258 Å². The molecule has 0 spiro atoms. The van der Waals surface area contributed by atoms with Gasteiger partial charge in [-0.1, -0.05) is 237 Å². The van der Waals surface area contributed by atoms with Crippen LogP contribution in [0.2, 0.25) is 0 Å². The number of allylic oxidation sites excluding steroid dienone is 6. The number of hydrogen-bond acceptors (Lipinski definition) is 6. The van der Waals surface area contributed by atoms with E-state index in [9.17, 15) is 14.3 Å². The van der Waals surface area contributed by atoms with Crippen LogP contribution in [0.5, 0.6) is 0 Å². The topological polar surface area (TPSA) is 91.3 Å². The number of quaternary nitrogens is 1. The molecule has 0 aromatic heterocycles. The van der Waals surface area contributed by atoms with Gasteiger partial charge in [-0.3, -0.25) is 13.8 Å². The van der Waals surface area contributed by atoms with Gasteiger partial charge in [-0.15, -0.1) is 0 Å². The van der Waals surface area contributed by atoms with E-state index in [0.717, 1.165) is 44.9 Å². The lowest BCUT2D eigenvalue weighted by molar-refractivity contribution is -0.870. The Morgan fingerprint density at radius 3 is 1.26 bits per heavy atom. The fraction of sp³-hybridized carbons (Fsp3) is 0.875. The molecule has 0 aromatic rings. The van der Waals surface area contributed by atoms with E-state index in [-0.39, 0.29) is 25.8 Å². The van der Waals surface area contributed by atoms with Crippen molar-refractivity contribution >= 4 is 13.8 Å². The maximum absolute atomic E-state index is 12.8. The maximum atomic E-state index is 12.8. The third kappa shape index (κ3) is 53.5. The number of hydrogen-bond donors (Lipinski definition) is 1. The molecule has 0 saturated carbocycles. The number of nitrogens with zero attached hydrogens (tertiary/aromatic N) is 1. The molecule has 0 saturated heterocycles. The molecule has 0 radical (unpaired) electrons. The quantitative estimate of drug-likeness (QED) is 0.0214. The highest BCUT2D eigenvalue weighted by atomic mass is 31.2. The normalized spacial score (nSPS) is 13.8. The number of phosphoric ester groups is 1. The molecule has 0 rings (SSSR count). The van der Waals surface area contributed by atoms with E-state index >= 15 is 0 Å². The first kappa shape index (κ1) is 63.7. The molecule has 2 unspecified atom stereocenters. The highest BCUT2D eigenvalue weighted by Gasteiger charge is 2.26. The molecule has 9 heteroatoms. The van der Waals surface area contributed by atoms with E-state index in [0.29, 0.717) is 24.1 Å². The molecule has 0 aliphatic heterocycles. The first-order valence-corrected chi connectivity index (χ1v) is 29.2. The number of carbonyl (C=O) groups is 1. The molecule has 0 aliphatic rings. The van der Waals surface area contributed by atoms with Gasteiger partial charge in [-0.2, -0.15) is 0 Å². The summed E-state index contributed by atoms with van der Waals surface area (Å²) >= 11 is 0. The van der Waals surface area contributed by atoms with Crippen molar-refractivity contribution in [3.8, 4) is 0 Å². The zero-order chi connectivity index (χ0) is 47.6. The van der Waals surface area contributed by atoms with Crippen LogP contribution < -0.4 is 0 Å². The van der Waals surface area contributed by atoms with Crippen molar-refractivity contribution in [3.05, 3.63) is 36.5 Å². The van der Waals surface area contributed by atoms with E-state index in [1.165, 1.54) is 193 Å². The molecule has 384 valence electrons. The molecule has 2 atom stereocenters. The van der Waals surface area contributed by atoms with Gasteiger partial charge in [0.2, 0.25) is 0 Å². The van der Waals surface area contributed by atoms with Crippen molar-refractivity contribution in [2.45, 2.75) is 264 Å². The van der Waals surface area contributed by atoms with Crippen molar-refractivity contribution < 1.29 is 37.3 Å². The van der Waals surface area contributed by atoms with Crippen molar-refractivity contribution in [1.29, 1.82) is 0 Å². The van der Waals surface area contributed by atoms with Gasteiger partial charge in [-0.25, -0.2) is 4.57 Å². The van der Waals surface area contributed by atoms with Crippen LogP contribution in [-0.2, 0) is 27.9 Å². The second kappa shape index (κ2) is 49.2. The lowest BCUT2D eigenvalue weighted by atomic mass is 10.0. The molecule has 65 heavy (non-hydrogen) atoms. The summed E-state index contributed by atoms with van der Waals surface area (Å²) in [6.45, 7) is 5.65. The van der Waals surface area contributed by atoms with Crippen molar-refractivity contribution in [3.63, 3.8) is 0 Å². The van der Waals surface area contributed by atoms with Gasteiger partial charge in [0.1, 0.15) is 19.3 Å². The summed E-state index contributed by atoms with van der Waals surface area (Å²) in [6, 6.07) is 0. The smallest absolute Gasteiger partial charge is 0.457 e. The molecular formula is C56H109NO7P+. The Morgan fingerprint density at radius 2 is 0.846 bits per heavy atom. The van der Waals surface area contributed by atoms with Crippen LogP contribution in [0.15, 0.2) is 36.5 Å². The van der Waals surface area contributed by atoms with Crippen molar-refractivity contribution in [1.82, 2.24) is 0 Å². The Morgan fingerprint density at radius 1 is 0.477 bits per heavy atom. The largest absolute Gasteiger partial charge is 0.472 e. The monoisotopic (exact) mass is 939 g/mol. The van der Waals surface area contributed by atoms with E-state index in [1.54, 1.807) is 0 Å². The Kier molecular flexibility index (Phi) is 48.2. The SMILES string of the molecule is CCCCCCC/C=C\C/C=C\C/C=C\CCCCCCCCCCCCCOCC(COP(=O)(O)OCC[N+](C)(C)C)OC(=O)CCCCCCCCCCCCCCCCCCC.